The number of sulfonamides is 1. The zero-order valence-corrected chi connectivity index (χ0v) is 12.0. The Balaban J connectivity index is 2.22. The minimum Gasteiger partial charge on any atom is -0.265 e. The molecule has 0 spiro atoms. The van der Waals surface area contributed by atoms with E-state index >= 15 is 0 Å². The first kappa shape index (κ1) is 15.1. The van der Waals surface area contributed by atoms with Gasteiger partial charge in [-0.15, -0.1) is 0 Å². The highest BCUT2D eigenvalue weighted by Gasteiger charge is 2.21. The lowest BCUT2D eigenvalue weighted by Gasteiger charge is -2.17. The zero-order valence-electron chi connectivity index (χ0n) is 11.2. The Kier molecular flexibility index (Phi) is 4.29. The van der Waals surface area contributed by atoms with E-state index in [9.17, 15) is 18.5 Å². The molecule has 8 heteroatoms. The van der Waals surface area contributed by atoms with Crippen molar-refractivity contribution >= 4 is 15.7 Å². The topological polar surface area (TPSA) is 93.4 Å². The molecule has 0 saturated carbocycles. The van der Waals surface area contributed by atoms with Crippen LogP contribution in [0.4, 0.5) is 5.69 Å². The molecule has 1 aromatic heterocycles. The van der Waals surface area contributed by atoms with Gasteiger partial charge in [0.1, 0.15) is 0 Å². The average Bonchev–Trinajstić information content (AvgIpc) is 2.48. The van der Waals surface area contributed by atoms with Gasteiger partial charge < -0.3 is 0 Å². The van der Waals surface area contributed by atoms with E-state index < -0.39 is 14.9 Å². The molecule has 0 N–H and O–H groups in total. The van der Waals surface area contributed by atoms with Crippen molar-refractivity contribution in [2.75, 3.05) is 7.05 Å². The first-order chi connectivity index (χ1) is 9.91. The highest BCUT2D eigenvalue weighted by atomic mass is 32.2. The van der Waals surface area contributed by atoms with E-state index in [-0.39, 0.29) is 17.1 Å². The van der Waals surface area contributed by atoms with Gasteiger partial charge in [-0.2, -0.15) is 4.31 Å². The van der Waals surface area contributed by atoms with Gasteiger partial charge in [0.2, 0.25) is 10.0 Å². The molecule has 0 atom stereocenters. The summed E-state index contributed by atoms with van der Waals surface area (Å²) in [6, 6.07) is 8.26. The van der Waals surface area contributed by atoms with Gasteiger partial charge in [0.15, 0.2) is 0 Å². The van der Waals surface area contributed by atoms with Crippen LogP contribution >= 0.6 is 0 Å². The van der Waals surface area contributed by atoms with Crippen molar-refractivity contribution < 1.29 is 13.3 Å². The van der Waals surface area contributed by atoms with Crippen LogP contribution in [-0.2, 0) is 16.6 Å². The van der Waals surface area contributed by atoms with E-state index in [0.29, 0.717) is 0 Å². The Labute approximate surface area is 122 Å². The molecule has 2 rings (SSSR count). The van der Waals surface area contributed by atoms with Crippen LogP contribution < -0.4 is 0 Å². The van der Waals surface area contributed by atoms with Gasteiger partial charge in [0.05, 0.1) is 9.82 Å². The number of pyridine rings is 1. The van der Waals surface area contributed by atoms with Crippen molar-refractivity contribution in [2.24, 2.45) is 0 Å². The van der Waals surface area contributed by atoms with Crippen LogP contribution in [0.3, 0.4) is 0 Å². The van der Waals surface area contributed by atoms with Crippen LogP contribution in [0.1, 0.15) is 5.56 Å². The lowest BCUT2D eigenvalue weighted by atomic mass is 10.3. The molecule has 0 radical (unpaired) electrons. The van der Waals surface area contributed by atoms with Gasteiger partial charge in [-0.05, 0) is 29.8 Å². The normalized spacial score (nSPS) is 11.5. The fraction of sp³-hybridized carbons (Fsp3) is 0.154. The molecular weight excluding hydrogens is 294 g/mol. The predicted octanol–water partition coefficient (Wildman–Crippen LogP) is 1.81. The van der Waals surface area contributed by atoms with Gasteiger partial charge in [-0.1, -0.05) is 0 Å². The molecule has 21 heavy (non-hydrogen) atoms. The zero-order chi connectivity index (χ0) is 15.5. The van der Waals surface area contributed by atoms with E-state index in [1.807, 2.05) is 0 Å². The fourth-order valence-corrected chi connectivity index (χ4v) is 2.91. The maximum Gasteiger partial charge on any atom is 0.269 e. The Morgan fingerprint density at radius 3 is 2.24 bits per heavy atom. The highest BCUT2D eigenvalue weighted by Crippen LogP contribution is 2.19. The van der Waals surface area contributed by atoms with Crippen LogP contribution in [0.2, 0.25) is 0 Å². The van der Waals surface area contributed by atoms with Gasteiger partial charge in [-0.25, -0.2) is 8.42 Å². The second-order valence-electron chi connectivity index (χ2n) is 4.37. The quantitative estimate of drug-likeness (QED) is 0.620. The monoisotopic (exact) mass is 307 g/mol. The van der Waals surface area contributed by atoms with Crippen molar-refractivity contribution in [3.63, 3.8) is 0 Å². The summed E-state index contributed by atoms with van der Waals surface area (Å²) in [5.41, 5.74) is 0.656. The number of hydrogen-bond donors (Lipinski definition) is 0. The van der Waals surface area contributed by atoms with Crippen molar-refractivity contribution in [2.45, 2.75) is 11.4 Å². The van der Waals surface area contributed by atoms with Crippen LogP contribution in [0.15, 0.2) is 53.7 Å². The van der Waals surface area contributed by atoms with Crippen molar-refractivity contribution in [1.29, 1.82) is 0 Å². The SMILES string of the molecule is CN(Cc1ccncc1)S(=O)(=O)c1ccc([N+](=O)[O-])cc1. The first-order valence-electron chi connectivity index (χ1n) is 6.01. The van der Waals surface area contributed by atoms with E-state index in [1.54, 1.807) is 24.5 Å². The molecule has 110 valence electrons. The Hall–Kier alpha value is -2.32. The van der Waals surface area contributed by atoms with Gasteiger partial charge in [-0.3, -0.25) is 15.1 Å². The minimum absolute atomic E-state index is 0.0182. The van der Waals surface area contributed by atoms with Crippen LogP contribution in [0, 0.1) is 10.1 Å². The molecular formula is C13H13N3O4S. The summed E-state index contributed by atoms with van der Waals surface area (Å²) in [5, 5.41) is 10.6. The van der Waals surface area contributed by atoms with E-state index in [1.165, 1.54) is 35.6 Å². The summed E-state index contributed by atoms with van der Waals surface area (Å²) in [4.78, 5) is 13.9. The van der Waals surface area contributed by atoms with E-state index in [0.717, 1.165) is 5.56 Å². The molecule has 0 unspecified atom stereocenters. The largest absolute Gasteiger partial charge is 0.269 e. The Bertz CT molecular complexity index is 730. The van der Waals surface area contributed by atoms with Crippen molar-refractivity contribution in [3.8, 4) is 0 Å². The molecule has 7 nitrogen and oxygen atoms in total. The van der Waals surface area contributed by atoms with Gasteiger partial charge in [0.25, 0.3) is 5.69 Å². The molecule has 0 bridgehead atoms. The van der Waals surface area contributed by atoms with E-state index in [2.05, 4.69) is 4.98 Å². The highest BCUT2D eigenvalue weighted by molar-refractivity contribution is 7.89. The lowest BCUT2D eigenvalue weighted by molar-refractivity contribution is -0.384. The maximum absolute atomic E-state index is 12.4. The summed E-state index contributed by atoms with van der Waals surface area (Å²) >= 11 is 0. The molecule has 0 aliphatic carbocycles. The standard InChI is InChI=1S/C13H13N3O4S/c1-15(10-11-6-8-14-9-7-11)21(19,20)13-4-2-12(3-5-13)16(17)18/h2-9H,10H2,1H3. The third kappa shape index (κ3) is 3.41. The average molecular weight is 307 g/mol. The Morgan fingerprint density at radius 2 is 1.71 bits per heavy atom. The molecule has 0 saturated heterocycles. The number of aromatic nitrogens is 1. The lowest BCUT2D eigenvalue weighted by Crippen LogP contribution is -2.26. The summed E-state index contributed by atoms with van der Waals surface area (Å²) < 4.78 is 25.9. The molecule has 1 heterocycles. The third-order valence-corrected chi connectivity index (χ3v) is 4.73. The van der Waals surface area contributed by atoms with Crippen LogP contribution in [0.5, 0.6) is 0 Å². The predicted molar refractivity (Wildman–Crippen MR) is 76.0 cm³/mol. The summed E-state index contributed by atoms with van der Waals surface area (Å²) in [5.74, 6) is 0. The van der Waals surface area contributed by atoms with Gasteiger partial charge in [0, 0.05) is 38.1 Å². The number of benzene rings is 1. The van der Waals surface area contributed by atoms with Crippen molar-refractivity contribution in [1.82, 2.24) is 9.29 Å². The van der Waals surface area contributed by atoms with Gasteiger partial charge >= 0.3 is 0 Å². The summed E-state index contributed by atoms with van der Waals surface area (Å²) in [6.45, 7) is 0.196. The number of nitrogens with zero attached hydrogens (tertiary/aromatic N) is 3. The van der Waals surface area contributed by atoms with Crippen LogP contribution in [-0.4, -0.2) is 29.7 Å². The van der Waals surface area contributed by atoms with Crippen LogP contribution in [0.25, 0.3) is 0 Å². The fourth-order valence-electron chi connectivity index (χ4n) is 1.75. The smallest absolute Gasteiger partial charge is 0.265 e. The molecule has 0 aliphatic rings. The molecule has 1 aromatic carbocycles. The number of rotatable bonds is 5. The molecule has 0 amide bonds. The summed E-state index contributed by atoms with van der Waals surface area (Å²) in [7, 11) is -2.23. The van der Waals surface area contributed by atoms with E-state index in [4.69, 9.17) is 0 Å². The second kappa shape index (κ2) is 5.98. The first-order valence-corrected chi connectivity index (χ1v) is 7.45. The molecule has 2 aromatic rings. The van der Waals surface area contributed by atoms with Crippen molar-refractivity contribution in [3.05, 3.63) is 64.5 Å². The third-order valence-electron chi connectivity index (χ3n) is 2.91. The number of non-ortho nitro benzene ring substituents is 1. The molecule has 0 fully saturated rings. The Morgan fingerprint density at radius 1 is 1.14 bits per heavy atom. The number of nitro groups is 1. The minimum atomic E-state index is -3.69. The number of nitro benzene ring substituents is 1. The maximum atomic E-state index is 12.4. The second-order valence-corrected chi connectivity index (χ2v) is 6.41. The summed E-state index contributed by atoms with van der Waals surface area (Å²) in [6.07, 6.45) is 3.17. The molecule has 0 aliphatic heterocycles. The number of hydrogen-bond acceptors (Lipinski definition) is 5.